The van der Waals surface area contributed by atoms with Crippen molar-refractivity contribution in [3.63, 3.8) is 0 Å². The number of carbonyl (C=O) groups is 1. The fraction of sp³-hybridized carbons (Fsp3) is 0.929. The molecule has 1 fully saturated rings. The van der Waals surface area contributed by atoms with Gasteiger partial charge < -0.3 is 9.47 Å². The Morgan fingerprint density at radius 3 is 2.72 bits per heavy atom. The molecule has 106 valence electrons. The summed E-state index contributed by atoms with van der Waals surface area (Å²) in [6.07, 6.45) is 4.15. The van der Waals surface area contributed by atoms with Gasteiger partial charge in [-0.3, -0.25) is 4.79 Å². The number of alkyl halides is 1. The molecule has 1 saturated carbocycles. The average Bonchev–Trinajstić information content (AvgIpc) is 2.69. The number of ether oxygens (including phenoxy) is 2. The van der Waals surface area contributed by atoms with Gasteiger partial charge in [-0.2, -0.15) is 0 Å². The van der Waals surface area contributed by atoms with Gasteiger partial charge in [0.05, 0.1) is 18.6 Å². The van der Waals surface area contributed by atoms with E-state index in [2.05, 4.69) is 29.8 Å². The SMILES string of the molecule is CCCC(C)COC1CC(C(=O)OCC)CC1Br. The van der Waals surface area contributed by atoms with Crippen molar-refractivity contribution in [1.82, 2.24) is 0 Å². The molecule has 18 heavy (non-hydrogen) atoms. The van der Waals surface area contributed by atoms with Crippen molar-refractivity contribution >= 4 is 21.9 Å². The van der Waals surface area contributed by atoms with E-state index < -0.39 is 0 Å². The van der Waals surface area contributed by atoms with Gasteiger partial charge in [-0.05, 0) is 32.1 Å². The van der Waals surface area contributed by atoms with Crippen LogP contribution in [0.5, 0.6) is 0 Å². The van der Waals surface area contributed by atoms with Crippen molar-refractivity contribution in [2.75, 3.05) is 13.2 Å². The molecule has 4 atom stereocenters. The largest absolute Gasteiger partial charge is 0.466 e. The van der Waals surface area contributed by atoms with Crippen molar-refractivity contribution in [3.8, 4) is 0 Å². The molecule has 1 rings (SSSR count). The minimum absolute atomic E-state index is 0.000747. The minimum atomic E-state index is -0.0744. The monoisotopic (exact) mass is 320 g/mol. The summed E-state index contributed by atoms with van der Waals surface area (Å²) < 4.78 is 11.0. The zero-order chi connectivity index (χ0) is 13.5. The maximum absolute atomic E-state index is 11.7. The van der Waals surface area contributed by atoms with Crippen LogP contribution in [0.4, 0.5) is 0 Å². The maximum Gasteiger partial charge on any atom is 0.309 e. The number of halogens is 1. The summed E-state index contributed by atoms with van der Waals surface area (Å²) in [5, 5.41) is 0. The van der Waals surface area contributed by atoms with Gasteiger partial charge in [-0.1, -0.05) is 36.2 Å². The average molecular weight is 321 g/mol. The van der Waals surface area contributed by atoms with Crippen molar-refractivity contribution in [2.24, 2.45) is 11.8 Å². The molecular formula is C14H25BrO3. The number of hydrogen-bond donors (Lipinski definition) is 0. The lowest BCUT2D eigenvalue weighted by Crippen LogP contribution is -2.21. The van der Waals surface area contributed by atoms with Crippen molar-refractivity contribution in [3.05, 3.63) is 0 Å². The summed E-state index contributed by atoms with van der Waals surface area (Å²) in [5.74, 6) is 0.520. The number of carbonyl (C=O) groups excluding carboxylic acids is 1. The molecule has 0 aromatic carbocycles. The standard InChI is InChI=1S/C14H25BrO3/c1-4-6-10(3)9-18-13-8-11(7-12(13)15)14(16)17-5-2/h10-13H,4-9H2,1-3H3. The maximum atomic E-state index is 11.7. The van der Waals surface area contributed by atoms with Crippen LogP contribution in [-0.4, -0.2) is 30.1 Å². The molecule has 4 unspecified atom stereocenters. The predicted octanol–water partition coefficient (Wildman–Crippen LogP) is 3.54. The van der Waals surface area contributed by atoms with Gasteiger partial charge in [0, 0.05) is 11.4 Å². The Balaban J connectivity index is 2.33. The van der Waals surface area contributed by atoms with Crippen molar-refractivity contribution in [2.45, 2.75) is 57.4 Å². The topological polar surface area (TPSA) is 35.5 Å². The highest BCUT2D eigenvalue weighted by Crippen LogP contribution is 2.34. The van der Waals surface area contributed by atoms with Crippen LogP contribution in [0.25, 0.3) is 0 Å². The first-order chi connectivity index (χ1) is 8.58. The summed E-state index contributed by atoms with van der Waals surface area (Å²) in [5.41, 5.74) is 0. The normalized spacial score (nSPS) is 29.2. The number of rotatable bonds is 7. The molecule has 0 aromatic rings. The summed E-state index contributed by atoms with van der Waals surface area (Å²) in [6.45, 7) is 7.50. The molecule has 0 saturated heterocycles. The summed E-state index contributed by atoms with van der Waals surface area (Å²) in [7, 11) is 0. The van der Waals surface area contributed by atoms with E-state index in [1.54, 1.807) is 0 Å². The van der Waals surface area contributed by atoms with Gasteiger partial charge in [0.2, 0.25) is 0 Å². The molecule has 1 aliphatic rings. The lowest BCUT2D eigenvalue weighted by Gasteiger charge is -2.18. The van der Waals surface area contributed by atoms with Gasteiger partial charge in [0.15, 0.2) is 0 Å². The van der Waals surface area contributed by atoms with Gasteiger partial charge in [0.25, 0.3) is 0 Å². The lowest BCUT2D eigenvalue weighted by molar-refractivity contribution is -0.148. The highest BCUT2D eigenvalue weighted by atomic mass is 79.9. The Morgan fingerprint density at radius 1 is 1.39 bits per heavy atom. The second-order valence-corrected chi connectivity index (χ2v) is 6.38. The van der Waals surface area contributed by atoms with E-state index in [4.69, 9.17) is 9.47 Å². The Morgan fingerprint density at radius 2 is 2.11 bits per heavy atom. The molecule has 0 heterocycles. The summed E-state index contributed by atoms with van der Waals surface area (Å²) in [6, 6.07) is 0. The second-order valence-electron chi connectivity index (χ2n) is 5.20. The van der Waals surface area contributed by atoms with Crippen molar-refractivity contribution in [1.29, 1.82) is 0 Å². The smallest absolute Gasteiger partial charge is 0.309 e. The molecule has 4 heteroatoms. The molecule has 0 radical (unpaired) electrons. The molecule has 0 N–H and O–H groups in total. The molecule has 1 aliphatic carbocycles. The molecule has 0 aromatic heterocycles. The fourth-order valence-electron chi connectivity index (χ4n) is 2.44. The first kappa shape index (κ1) is 16.0. The highest BCUT2D eigenvalue weighted by molar-refractivity contribution is 9.09. The predicted molar refractivity (Wildman–Crippen MR) is 75.9 cm³/mol. The first-order valence-corrected chi connectivity index (χ1v) is 7.92. The van der Waals surface area contributed by atoms with Crippen LogP contribution in [0.1, 0.15) is 46.5 Å². The quantitative estimate of drug-likeness (QED) is 0.531. The number of esters is 1. The van der Waals surface area contributed by atoms with Crippen LogP contribution in [0.2, 0.25) is 0 Å². The van der Waals surface area contributed by atoms with E-state index in [-0.39, 0.29) is 22.8 Å². The first-order valence-electron chi connectivity index (χ1n) is 7.00. The van der Waals surface area contributed by atoms with Gasteiger partial charge in [0.1, 0.15) is 0 Å². The molecule has 0 spiro atoms. The Bertz CT molecular complexity index is 257. The van der Waals surface area contributed by atoms with Gasteiger partial charge in [-0.15, -0.1) is 0 Å². The second kappa shape index (κ2) is 8.16. The van der Waals surface area contributed by atoms with Crippen molar-refractivity contribution < 1.29 is 14.3 Å². The lowest BCUT2D eigenvalue weighted by atomic mass is 10.1. The molecular weight excluding hydrogens is 296 g/mol. The summed E-state index contributed by atoms with van der Waals surface area (Å²) >= 11 is 3.62. The van der Waals surface area contributed by atoms with Crippen LogP contribution < -0.4 is 0 Å². The fourth-order valence-corrected chi connectivity index (χ4v) is 3.26. The van der Waals surface area contributed by atoms with E-state index in [9.17, 15) is 4.79 Å². The third kappa shape index (κ3) is 4.88. The van der Waals surface area contributed by atoms with Gasteiger partial charge in [-0.25, -0.2) is 0 Å². The van der Waals surface area contributed by atoms with Crippen LogP contribution in [-0.2, 0) is 14.3 Å². The van der Waals surface area contributed by atoms with Crippen LogP contribution in [0.3, 0.4) is 0 Å². The zero-order valence-electron chi connectivity index (χ0n) is 11.7. The van der Waals surface area contributed by atoms with E-state index in [1.165, 1.54) is 12.8 Å². The Labute approximate surface area is 119 Å². The summed E-state index contributed by atoms with van der Waals surface area (Å²) in [4.78, 5) is 12.0. The van der Waals surface area contributed by atoms with Crippen LogP contribution >= 0.6 is 15.9 Å². The van der Waals surface area contributed by atoms with E-state index >= 15 is 0 Å². The third-order valence-electron chi connectivity index (χ3n) is 3.43. The van der Waals surface area contributed by atoms with E-state index in [1.807, 2.05) is 6.92 Å². The van der Waals surface area contributed by atoms with Crippen LogP contribution in [0.15, 0.2) is 0 Å². The zero-order valence-corrected chi connectivity index (χ0v) is 13.2. The highest BCUT2D eigenvalue weighted by Gasteiger charge is 2.38. The van der Waals surface area contributed by atoms with Crippen LogP contribution in [0, 0.1) is 11.8 Å². The molecule has 0 bridgehead atoms. The number of hydrogen-bond acceptors (Lipinski definition) is 3. The van der Waals surface area contributed by atoms with E-state index in [0.717, 1.165) is 19.4 Å². The molecule has 0 amide bonds. The Hall–Kier alpha value is -0.0900. The third-order valence-corrected chi connectivity index (χ3v) is 4.39. The molecule has 0 aliphatic heterocycles. The molecule has 3 nitrogen and oxygen atoms in total. The Kier molecular flexibility index (Phi) is 7.23. The van der Waals surface area contributed by atoms with Gasteiger partial charge >= 0.3 is 5.97 Å². The minimum Gasteiger partial charge on any atom is -0.466 e. The van der Waals surface area contributed by atoms with E-state index in [0.29, 0.717) is 12.5 Å².